The molecular formula is C14H24N2OS. The molecule has 0 saturated carbocycles. The van der Waals surface area contributed by atoms with Gasteiger partial charge in [-0.3, -0.25) is 4.79 Å². The predicted octanol–water partition coefficient (Wildman–Crippen LogP) is 2.89. The first kappa shape index (κ1) is 15.2. The summed E-state index contributed by atoms with van der Waals surface area (Å²) in [6, 6.07) is 2.15. The zero-order valence-electron chi connectivity index (χ0n) is 11.4. The molecule has 4 heteroatoms. The number of amides is 1. The number of thiophene rings is 1. The molecule has 18 heavy (non-hydrogen) atoms. The summed E-state index contributed by atoms with van der Waals surface area (Å²) in [5, 5.41) is 2.98. The minimum Gasteiger partial charge on any atom is -0.351 e. The fraction of sp³-hybridized carbons (Fsp3) is 0.643. The van der Waals surface area contributed by atoms with Gasteiger partial charge in [0.15, 0.2) is 0 Å². The molecule has 3 N–H and O–H groups in total. The van der Waals surface area contributed by atoms with E-state index in [2.05, 4.69) is 25.2 Å². The number of hydrogen-bond acceptors (Lipinski definition) is 3. The Bertz CT molecular complexity index is 354. The second-order valence-electron chi connectivity index (χ2n) is 4.68. The molecule has 0 unspecified atom stereocenters. The third-order valence-electron chi connectivity index (χ3n) is 3.03. The van der Waals surface area contributed by atoms with Crippen LogP contribution in [0.15, 0.2) is 6.07 Å². The van der Waals surface area contributed by atoms with Crippen LogP contribution in [0.4, 0.5) is 0 Å². The standard InChI is InChI=1S/C14H24N2OS/c1-11-9-13(18-12(11)2)10-16-14(17)7-5-3-4-6-8-15/h9H,3-8,10,15H2,1-2H3,(H,16,17). The Kier molecular flexibility index (Phi) is 6.98. The first-order valence-corrected chi connectivity index (χ1v) is 7.48. The predicted molar refractivity (Wildman–Crippen MR) is 77.8 cm³/mol. The third-order valence-corrected chi connectivity index (χ3v) is 4.19. The van der Waals surface area contributed by atoms with Crippen LogP contribution < -0.4 is 11.1 Å². The molecule has 1 rings (SSSR count). The van der Waals surface area contributed by atoms with Crippen molar-refractivity contribution in [3.63, 3.8) is 0 Å². The number of carbonyl (C=O) groups excluding carboxylic acids is 1. The molecule has 0 spiro atoms. The summed E-state index contributed by atoms with van der Waals surface area (Å²) >= 11 is 1.76. The van der Waals surface area contributed by atoms with Crippen molar-refractivity contribution in [3.05, 3.63) is 21.4 Å². The van der Waals surface area contributed by atoms with Crippen molar-refractivity contribution < 1.29 is 4.79 Å². The van der Waals surface area contributed by atoms with Crippen molar-refractivity contribution in [2.75, 3.05) is 6.54 Å². The van der Waals surface area contributed by atoms with Crippen molar-refractivity contribution >= 4 is 17.2 Å². The van der Waals surface area contributed by atoms with Gasteiger partial charge in [-0.15, -0.1) is 11.3 Å². The minimum absolute atomic E-state index is 0.159. The highest BCUT2D eigenvalue weighted by atomic mass is 32.1. The second-order valence-corrected chi connectivity index (χ2v) is 6.02. The third kappa shape index (κ3) is 5.65. The number of nitrogens with one attached hydrogen (secondary N) is 1. The van der Waals surface area contributed by atoms with Crippen LogP contribution in [0.3, 0.4) is 0 Å². The molecule has 1 amide bonds. The normalized spacial score (nSPS) is 10.6. The smallest absolute Gasteiger partial charge is 0.220 e. The summed E-state index contributed by atoms with van der Waals surface area (Å²) in [5.74, 6) is 0.159. The fourth-order valence-electron chi connectivity index (χ4n) is 1.79. The highest BCUT2D eigenvalue weighted by Crippen LogP contribution is 2.20. The van der Waals surface area contributed by atoms with Gasteiger partial charge in [0, 0.05) is 16.2 Å². The van der Waals surface area contributed by atoms with Gasteiger partial charge in [-0.1, -0.05) is 12.8 Å². The largest absolute Gasteiger partial charge is 0.351 e. The van der Waals surface area contributed by atoms with Gasteiger partial charge in [0.1, 0.15) is 0 Å². The Labute approximate surface area is 114 Å². The average Bonchev–Trinajstić information content (AvgIpc) is 2.66. The van der Waals surface area contributed by atoms with Gasteiger partial charge >= 0.3 is 0 Å². The molecule has 0 atom stereocenters. The lowest BCUT2D eigenvalue weighted by Gasteiger charge is -2.03. The van der Waals surface area contributed by atoms with E-state index in [1.54, 1.807) is 11.3 Å². The maximum absolute atomic E-state index is 11.6. The van der Waals surface area contributed by atoms with E-state index >= 15 is 0 Å². The number of carbonyl (C=O) groups is 1. The van der Waals surface area contributed by atoms with Crippen molar-refractivity contribution in [2.45, 2.75) is 52.5 Å². The van der Waals surface area contributed by atoms with Gasteiger partial charge in [-0.25, -0.2) is 0 Å². The Hall–Kier alpha value is -0.870. The van der Waals surface area contributed by atoms with Gasteiger partial charge in [0.2, 0.25) is 5.91 Å². The van der Waals surface area contributed by atoms with Crippen LogP contribution in [-0.4, -0.2) is 12.5 Å². The Balaban J connectivity index is 2.13. The number of nitrogens with two attached hydrogens (primary N) is 1. The van der Waals surface area contributed by atoms with E-state index in [0.717, 1.165) is 32.2 Å². The summed E-state index contributed by atoms with van der Waals surface area (Å²) in [4.78, 5) is 14.2. The molecule has 0 saturated heterocycles. The van der Waals surface area contributed by atoms with Crippen molar-refractivity contribution in [3.8, 4) is 0 Å². The monoisotopic (exact) mass is 268 g/mol. The molecule has 0 aromatic carbocycles. The highest BCUT2D eigenvalue weighted by molar-refractivity contribution is 7.12. The molecule has 0 aliphatic rings. The molecule has 1 heterocycles. The zero-order chi connectivity index (χ0) is 13.4. The van der Waals surface area contributed by atoms with Crippen LogP contribution >= 0.6 is 11.3 Å². The summed E-state index contributed by atoms with van der Waals surface area (Å²) < 4.78 is 0. The summed E-state index contributed by atoms with van der Waals surface area (Å²) in [7, 11) is 0. The average molecular weight is 268 g/mol. The highest BCUT2D eigenvalue weighted by Gasteiger charge is 2.04. The minimum atomic E-state index is 0.159. The van der Waals surface area contributed by atoms with E-state index in [1.165, 1.54) is 15.3 Å². The summed E-state index contributed by atoms with van der Waals surface area (Å²) in [5.41, 5.74) is 6.73. The Morgan fingerprint density at radius 3 is 2.61 bits per heavy atom. The van der Waals surface area contributed by atoms with Crippen LogP contribution in [-0.2, 0) is 11.3 Å². The van der Waals surface area contributed by atoms with Crippen molar-refractivity contribution in [1.29, 1.82) is 0 Å². The maximum atomic E-state index is 11.6. The van der Waals surface area contributed by atoms with E-state index in [-0.39, 0.29) is 5.91 Å². The van der Waals surface area contributed by atoms with Gasteiger partial charge in [-0.2, -0.15) is 0 Å². The van der Waals surface area contributed by atoms with E-state index in [9.17, 15) is 4.79 Å². The number of unbranched alkanes of at least 4 members (excludes halogenated alkanes) is 3. The van der Waals surface area contributed by atoms with Crippen LogP contribution in [0.5, 0.6) is 0 Å². The molecule has 1 aromatic rings. The molecular weight excluding hydrogens is 244 g/mol. The molecule has 1 aromatic heterocycles. The number of hydrogen-bond donors (Lipinski definition) is 2. The molecule has 102 valence electrons. The topological polar surface area (TPSA) is 55.1 Å². The molecule has 0 radical (unpaired) electrons. The lowest BCUT2D eigenvalue weighted by Crippen LogP contribution is -2.21. The molecule has 0 fully saturated rings. The van der Waals surface area contributed by atoms with Crippen LogP contribution in [0.25, 0.3) is 0 Å². The second kappa shape index (κ2) is 8.27. The summed E-state index contributed by atoms with van der Waals surface area (Å²) in [6.07, 6.45) is 4.90. The lowest BCUT2D eigenvalue weighted by atomic mass is 10.1. The molecule has 0 aliphatic carbocycles. The SMILES string of the molecule is Cc1cc(CNC(=O)CCCCCCN)sc1C. The number of aryl methyl sites for hydroxylation is 2. The van der Waals surface area contributed by atoms with E-state index in [4.69, 9.17) is 5.73 Å². The first-order valence-electron chi connectivity index (χ1n) is 6.66. The van der Waals surface area contributed by atoms with Gasteiger partial charge < -0.3 is 11.1 Å². The molecule has 3 nitrogen and oxygen atoms in total. The first-order chi connectivity index (χ1) is 8.63. The van der Waals surface area contributed by atoms with Crippen molar-refractivity contribution in [2.24, 2.45) is 5.73 Å². The van der Waals surface area contributed by atoms with E-state index < -0.39 is 0 Å². The van der Waals surface area contributed by atoms with Crippen molar-refractivity contribution in [1.82, 2.24) is 5.32 Å². The van der Waals surface area contributed by atoms with Crippen LogP contribution in [0, 0.1) is 13.8 Å². The summed E-state index contributed by atoms with van der Waals surface area (Å²) in [6.45, 7) is 5.64. The van der Waals surface area contributed by atoms with Crippen LogP contribution in [0.1, 0.15) is 47.4 Å². The maximum Gasteiger partial charge on any atom is 0.220 e. The van der Waals surface area contributed by atoms with E-state index in [0.29, 0.717) is 13.0 Å². The quantitative estimate of drug-likeness (QED) is 0.712. The van der Waals surface area contributed by atoms with Crippen LogP contribution in [0.2, 0.25) is 0 Å². The molecule has 0 bridgehead atoms. The van der Waals surface area contributed by atoms with Gasteiger partial charge in [0.05, 0.1) is 6.54 Å². The van der Waals surface area contributed by atoms with Gasteiger partial charge in [0.25, 0.3) is 0 Å². The van der Waals surface area contributed by atoms with Gasteiger partial charge in [-0.05, 0) is 44.9 Å². The lowest BCUT2D eigenvalue weighted by molar-refractivity contribution is -0.121. The Morgan fingerprint density at radius 1 is 1.28 bits per heavy atom. The van der Waals surface area contributed by atoms with E-state index in [1.807, 2.05) is 0 Å². The zero-order valence-corrected chi connectivity index (χ0v) is 12.2. The fourth-order valence-corrected chi connectivity index (χ4v) is 2.79. The molecule has 0 aliphatic heterocycles. The number of rotatable bonds is 8. The Morgan fingerprint density at radius 2 is 2.00 bits per heavy atom.